The Kier molecular flexibility index (Phi) is 13.5. The Labute approximate surface area is 302 Å². The molecule has 0 aromatic heterocycles. The number of benzene rings is 2. The molecule has 2 aliphatic heterocycles. The fourth-order valence-corrected chi connectivity index (χ4v) is 7.46. The first kappa shape index (κ1) is 38.9. The van der Waals surface area contributed by atoms with Gasteiger partial charge in [0.25, 0.3) is 0 Å². The van der Waals surface area contributed by atoms with Crippen LogP contribution in [0, 0.1) is 6.92 Å². The SMILES string of the molecule is CC(=O)CCCCCN1/C(=C/C=C/C=C/C=C/C2=[N+](CCCCCC(C)=O)c3ccc(OS(=O)O)cc3C2(C)C)C(C)(C)c2cc(C)ccc21. The van der Waals surface area contributed by atoms with Gasteiger partial charge in [0.05, 0.1) is 5.41 Å². The van der Waals surface area contributed by atoms with Crippen LogP contribution in [0.3, 0.4) is 0 Å². The van der Waals surface area contributed by atoms with E-state index in [-0.39, 0.29) is 22.4 Å². The third-order valence-corrected chi connectivity index (χ3v) is 10.2. The van der Waals surface area contributed by atoms with Crippen molar-refractivity contribution in [2.45, 2.75) is 111 Å². The van der Waals surface area contributed by atoms with Crippen molar-refractivity contribution in [1.29, 1.82) is 0 Å². The summed E-state index contributed by atoms with van der Waals surface area (Å²) >= 11 is -2.39. The van der Waals surface area contributed by atoms with Gasteiger partial charge in [-0.25, -0.2) is 0 Å². The lowest BCUT2D eigenvalue weighted by molar-refractivity contribution is -0.438. The molecule has 8 heteroatoms. The molecule has 0 radical (unpaired) electrons. The van der Waals surface area contributed by atoms with Crippen LogP contribution in [0.5, 0.6) is 5.75 Å². The third kappa shape index (κ3) is 9.67. The van der Waals surface area contributed by atoms with Crippen LogP contribution in [-0.2, 0) is 31.8 Å². The van der Waals surface area contributed by atoms with Gasteiger partial charge in [0.1, 0.15) is 23.9 Å². The molecule has 4 rings (SSSR count). The molecule has 0 fully saturated rings. The Balaban J connectivity index is 1.52. The molecular weight excluding hydrogens is 645 g/mol. The summed E-state index contributed by atoms with van der Waals surface area (Å²) in [6.07, 6.45) is 21.8. The predicted molar refractivity (Wildman–Crippen MR) is 206 cm³/mol. The topological polar surface area (TPSA) is 86.9 Å². The molecule has 268 valence electrons. The zero-order valence-electron chi connectivity index (χ0n) is 31.0. The second-order valence-electron chi connectivity index (χ2n) is 14.6. The lowest BCUT2D eigenvalue weighted by Crippen LogP contribution is -2.28. The number of carbonyl (C=O) groups excluding carboxylic acids is 2. The van der Waals surface area contributed by atoms with E-state index >= 15 is 0 Å². The summed E-state index contributed by atoms with van der Waals surface area (Å²) in [6.45, 7) is 16.1. The standard InChI is InChI=1S/C42H54N2O5S/c1-31-23-25-37-35(29-31)41(4,5)39(43(37)27-17-11-13-19-32(2)45)21-15-9-8-10-16-22-40-42(6,7)36-30-34(49-50(47)48)24-26-38(36)44(40)28-18-12-14-20-33(3)46/h8-10,15-16,21-26,29-30H,11-14,17-20,27-28H2,1-7H3/p+1. The van der Waals surface area contributed by atoms with Crippen molar-refractivity contribution in [2.75, 3.05) is 18.0 Å². The van der Waals surface area contributed by atoms with Crippen LogP contribution in [0.15, 0.2) is 84.6 Å². The Morgan fingerprint density at radius 1 is 0.820 bits per heavy atom. The van der Waals surface area contributed by atoms with Gasteiger partial charge in [-0.1, -0.05) is 68.3 Å². The van der Waals surface area contributed by atoms with Crippen LogP contribution in [0.4, 0.5) is 11.4 Å². The number of rotatable bonds is 18. The van der Waals surface area contributed by atoms with E-state index in [1.807, 2.05) is 24.3 Å². The van der Waals surface area contributed by atoms with E-state index < -0.39 is 11.4 Å². The van der Waals surface area contributed by atoms with Gasteiger partial charge in [0.15, 0.2) is 5.71 Å². The van der Waals surface area contributed by atoms with Gasteiger partial charge in [-0.2, -0.15) is 8.78 Å². The van der Waals surface area contributed by atoms with Crippen LogP contribution in [0.25, 0.3) is 0 Å². The van der Waals surface area contributed by atoms with Crippen LogP contribution in [0.1, 0.15) is 110 Å². The first-order chi connectivity index (χ1) is 23.7. The second kappa shape index (κ2) is 17.4. The van der Waals surface area contributed by atoms with Crippen molar-refractivity contribution < 1.29 is 27.1 Å². The molecule has 0 amide bonds. The highest BCUT2D eigenvalue weighted by Gasteiger charge is 2.44. The Bertz CT molecular complexity index is 1740. The van der Waals surface area contributed by atoms with Crippen molar-refractivity contribution >= 4 is 40.0 Å². The predicted octanol–water partition coefficient (Wildman–Crippen LogP) is 9.54. The summed E-state index contributed by atoms with van der Waals surface area (Å²) in [6, 6.07) is 12.3. The highest BCUT2D eigenvalue weighted by atomic mass is 32.2. The van der Waals surface area contributed by atoms with Crippen LogP contribution < -0.4 is 9.08 Å². The minimum atomic E-state index is -2.39. The molecule has 0 spiro atoms. The third-order valence-electron chi connectivity index (χ3n) is 9.85. The van der Waals surface area contributed by atoms with Gasteiger partial charge >= 0.3 is 11.4 Å². The molecule has 2 aliphatic rings. The maximum absolute atomic E-state index is 11.4. The van der Waals surface area contributed by atoms with Gasteiger partial charge in [0, 0.05) is 60.3 Å². The number of carbonyl (C=O) groups is 2. The van der Waals surface area contributed by atoms with Crippen molar-refractivity contribution in [3.05, 3.63) is 101 Å². The fourth-order valence-electron chi connectivity index (χ4n) is 7.19. The monoisotopic (exact) mass is 699 g/mol. The number of unbranched alkanes of at least 4 members (excludes halogenated alkanes) is 4. The summed E-state index contributed by atoms with van der Waals surface area (Å²) in [4.78, 5) is 25.3. The number of fused-ring (bicyclic) bond motifs is 2. The number of nitrogens with zero attached hydrogens (tertiary/aromatic N) is 2. The minimum absolute atomic E-state index is 0.124. The maximum atomic E-state index is 11.4. The molecule has 1 unspecified atom stereocenters. The number of ketones is 2. The molecule has 0 bridgehead atoms. The molecule has 7 nitrogen and oxygen atoms in total. The molecule has 0 aliphatic carbocycles. The van der Waals surface area contributed by atoms with E-state index in [1.54, 1.807) is 19.9 Å². The number of hydrogen-bond acceptors (Lipinski definition) is 5. The zero-order chi connectivity index (χ0) is 36.5. The Morgan fingerprint density at radius 2 is 1.48 bits per heavy atom. The molecule has 1 N–H and O–H groups in total. The molecule has 0 saturated heterocycles. The highest BCUT2D eigenvalue weighted by molar-refractivity contribution is 7.74. The molecular formula is C42H55N2O5S+. The molecule has 1 atom stereocenters. The normalized spacial score (nSPS) is 17.8. The Morgan fingerprint density at radius 3 is 2.16 bits per heavy atom. The number of Topliss-reactive ketones (excluding diaryl/α,β-unsaturated/α-hetero) is 2. The molecule has 0 saturated carbocycles. The summed E-state index contributed by atoms with van der Waals surface area (Å²) in [7, 11) is 0. The summed E-state index contributed by atoms with van der Waals surface area (Å²) in [5.41, 5.74) is 7.92. The number of hydrogen-bond donors (Lipinski definition) is 1. The highest BCUT2D eigenvalue weighted by Crippen LogP contribution is 2.48. The van der Waals surface area contributed by atoms with E-state index in [9.17, 15) is 18.4 Å². The summed E-state index contributed by atoms with van der Waals surface area (Å²) in [5, 5.41) is 0. The average molecular weight is 700 g/mol. The van der Waals surface area contributed by atoms with E-state index in [0.29, 0.717) is 18.6 Å². The average Bonchev–Trinajstić information content (AvgIpc) is 3.37. The molecule has 2 aromatic carbocycles. The lowest BCUT2D eigenvalue weighted by Gasteiger charge is -2.27. The smallest absolute Gasteiger partial charge is 0.357 e. The fraction of sp³-hybridized carbons (Fsp3) is 0.452. The van der Waals surface area contributed by atoms with Crippen molar-refractivity contribution in [1.82, 2.24) is 0 Å². The zero-order valence-corrected chi connectivity index (χ0v) is 31.8. The van der Waals surface area contributed by atoms with E-state index in [4.69, 9.17) is 4.18 Å². The van der Waals surface area contributed by atoms with Crippen LogP contribution in [-0.4, -0.2) is 43.7 Å². The number of anilines is 1. The van der Waals surface area contributed by atoms with Crippen LogP contribution in [0.2, 0.25) is 0 Å². The summed E-state index contributed by atoms with van der Waals surface area (Å²) in [5.74, 6) is 0.842. The minimum Gasteiger partial charge on any atom is -0.380 e. The van der Waals surface area contributed by atoms with Crippen molar-refractivity contribution in [3.63, 3.8) is 0 Å². The first-order valence-corrected chi connectivity index (χ1v) is 18.9. The number of allylic oxidation sites excluding steroid dienone is 8. The lowest BCUT2D eigenvalue weighted by atomic mass is 9.81. The van der Waals surface area contributed by atoms with E-state index in [1.165, 1.54) is 22.5 Å². The largest absolute Gasteiger partial charge is 0.380 e. The van der Waals surface area contributed by atoms with Gasteiger partial charge in [0.2, 0.25) is 5.69 Å². The van der Waals surface area contributed by atoms with Gasteiger partial charge in [-0.3, -0.25) is 4.55 Å². The molecule has 2 aromatic rings. The summed E-state index contributed by atoms with van der Waals surface area (Å²) < 4.78 is 28.1. The quantitative estimate of drug-likeness (QED) is 0.0722. The van der Waals surface area contributed by atoms with Crippen molar-refractivity contribution in [2.24, 2.45) is 0 Å². The van der Waals surface area contributed by atoms with Crippen LogP contribution >= 0.6 is 0 Å². The van der Waals surface area contributed by atoms with Crippen molar-refractivity contribution in [3.8, 4) is 5.75 Å². The van der Waals surface area contributed by atoms with Gasteiger partial charge in [-0.15, -0.1) is 0 Å². The van der Waals surface area contributed by atoms with Gasteiger partial charge < -0.3 is 18.7 Å². The number of aryl methyl sites for hydroxylation is 1. The second-order valence-corrected chi connectivity index (χ2v) is 15.2. The maximum Gasteiger partial charge on any atom is 0.357 e. The molecule has 2 heterocycles. The van der Waals surface area contributed by atoms with E-state index in [2.05, 4.69) is 92.7 Å². The van der Waals surface area contributed by atoms with Gasteiger partial charge in [-0.05, 0) is 90.1 Å². The Hall–Kier alpha value is -3.88. The molecule has 50 heavy (non-hydrogen) atoms. The van der Waals surface area contributed by atoms with E-state index in [0.717, 1.165) is 68.6 Å². The first-order valence-electron chi connectivity index (χ1n) is 17.9.